The molecule has 1 atom stereocenters. The molecular weight excluding hydrogens is 204 g/mol. The molecule has 1 fully saturated rings. The molecule has 1 aliphatic heterocycles. The fraction of sp³-hybridized carbons (Fsp3) is 0.818. The lowest BCUT2D eigenvalue weighted by Crippen LogP contribution is -2.42. The van der Waals surface area contributed by atoms with Gasteiger partial charge in [-0.3, -0.25) is 0 Å². The number of nitrogens with zero attached hydrogens (tertiary/aromatic N) is 3. The van der Waals surface area contributed by atoms with Crippen LogP contribution in [0.3, 0.4) is 0 Å². The van der Waals surface area contributed by atoms with Gasteiger partial charge in [-0.05, 0) is 27.2 Å². The van der Waals surface area contributed by atoms with E-state index in [9.17, 15) is 0 Å². The maximum Gasteiger partial charge on any atom is 0.141 e. The molecule has 1 unspecified atom stereocenters. The number of aromatic nitrogens is 3. The lowest BCUT2D eigenvalue weighted by molar-refractivity contribution is 0.170. The van der Waals surface area contributed by atoms with Crippen LogP contribution in [0.4, 0.5) is 0 Å². The van der Waals surface area contributed by atoms with Crippen molar-refractivity contribution in [3.05, 3.63) is 12.2 Å². The third-order valence-electron chi connectivity index (χ3n) is 3.03. The molecule has 1 aromatic heterocycles. The zero-order valence-corrected chi connectivity index (χ0v) is 10.2. The Labute approximate surface area is 96.2 Å². The number of rotatable bonds is 4. The summed E-state index contributed by atoms with van der Waals surface area (Å²) in [5, 5.41) is 7.73. The zero-order valence-electron chi connectivity index (χ0n) is 10.2. The minimum atomic E-state index is 0.0910. The van der Waals surface area contributed by atoms with Gasteiger partial charge in [-0.2, -0.15) is 5.10 Å². The lowest BCUT2D eigenvalue weighted by atomic mass is 10.0. The zero-order chi connectivity index (χ0) is 11.6. The van der Waals surface area contributed by atoms with Crippen LogP contribution in [0.5, 0.6) is 0 Å². The first kappa shape index (κ1) is 11.5. The third-order valence-corrected chi connectivity index (χ3v) is 3.03. The van der Waals surface area contributed by atoms with Crippen molar-refractivity contribution >= 4 is 0 Å². The molecule has 0 spiro atoms. The molecule has 0 radical (unpaired) electrons. The highest BCUT2D eigenvalue weighted by molar-refractivity contribution is 4.92. The van der Waals surface area contributed by atoms with E-state index in [2.05, 4.69) is 36.2 Å². The molecule has 90 valence electrons. The van der Waals surface area contributed by atoms with E-state index in [0.29, 0.717) is 6.04 Å². The van der Waals surface area contributed by atoms with Crippen molar-refractivity contribution in [1.82, 2.24) is 20.1 Å². The highest BCUT2D eigenvalue weighted by Crippen LogP contribution is 2.18. The first-order valence-corrected chi connectivity index (χ1v) is 5.82. The largest absolute Gasteiger partial charge is 0.379 e. The van der Waals surface area contributed by atoms with Gasteiger partial charge in [-0.1, -0.05) is 0 Å². The van der Waals surface area contributed by atoms with Crippen LogP contribution in [0.2, 0.25) is 0 Å². The number of nitrogens with one attached hydrogen (secondary N) is 1. The molecule has 5 heteroatoms. The lowest BCUT2D eigenvalue weighted by Gasteiger charge is -2.23. The van der Waals surface area contributed by atoms with E-state index in [1.54, 1.807) is 6.33 Å². The Morgan fingerprint density at radius 2 is 2.44 bits per heavy atom. The molecule has 2 heterocycles. The Hall–Kier alpha value is -0.940. The molecule has 5 nitrogen and oxygen atoms in total. The fourth-order valence-corrected chi connectivity index (χ4v) is 1.93. The topological polar surface area (TPSA) is 52.0 Å². The van der Waals surface area contributed by atoms with Crippen LogP contribution in [0.15, 0.2) is 6.33 Å². The summed E-state index contributed by atoms with van der Waals surface area (Å²) in [4.78, 5) is 4.28. The van der Waals surface area contributed by atoms with Crippen molar-refractivity contribution in [2.75, 3.05) is 13.2 Å². The minimum Gasteiger partial charge on any atom is -0.379 e. The molecular formula is C11H20N4O. The summed E-state index contributed by atoms with van der Waals surface area (Å²) in [6.07, 6.45) is 2.67. The maximum absolute atomic E-state index is 5.40. The van der Waals surface area contributed by atoms with E-state index < -0.39 is 0 Å². The molecule has 1 aromatic rings. The highest BCUT2D eigenvalue weighted by Gasteiger charge is 2.29. The molecule has 0 saturated carbocycles. The smallest absolute Gasteiger partial charge is 0.141 e. The Bertz CT molecular complexity index is 342. The average molecular weight is 224 g/mol. The average Bonchev–Trinajstić information content (AvgIpc) is 2.83. The van der Waals surface area contributed by atoms with Gasteiger partial charge in [0.1, 0.15) is 12.2 Å². The molecule has 0 aromatic carbocycles. The SMILES string of the molecule is CC(C)n1ncnc1CNC1(C)CCOC1. The quantitative estimate of drug-likeness (QED) is 0.833. The van der Waals surface area contributed by atoms with E-state index in [4.69, 9.17) is 4.74 Å². The number of hydrogen-bond acceptors (Lipinski definition) is 4. The molecule has 0 aliphatic carbocycles. The summed E-state index contributed by atoms with van der Waals surface area (Å²) in [6, 6.07) is 0.354. The van der Waals surface area contributed by atoms with Crippen LogP contribution in [-0.4, -0.2) is 33.5 Å². The van der Waals surface area contributed by atoms with Crippen LogP contribution < -0.4 is 5.32 Å². The molecule has 1 saturated heterocycles. The number of hydrogen-bond donors (Lipinski definition) is 1. The van der Waals surface area contributed by atoms with Gasteiger partial charge in [0.25, 0.3) is 0 Å². The molecule has 0 bridgehead atoms. The van der Waals surface area contributed by atoms with Crippen LogP contribution in [0.25, 0.3) is 0 Å². The minimum absolute atomic E-state index is 0.0910. The Kier molecular flexibility index (Phi) is 3.25. The van der Waals surface area contributed by atoms with Crippen LogP contribution in [0, 0.1) is 0 Å². The monoisotopic (exact) mass is 224 g/mol. The Balaban J connectivity index is 1.96. The predicted molar refractivity (Wildman–Crippen MR) is 61.1 cm³/mol. The fourth-order valence-electron chi connectivity index (χ4n) is 1.93. The summed E-state index contributed by atoms with van der Waals surface area (Å²) in [5.41, 5.74) is 0.0910. The van der Waals surface area contributed by atoms with E-state index in [1.165, 1.54) is 0 Å². The van der Waals surface area contributed by atoms with Gasteiger partial charge in [0, 0.05) is 18.2 Å². The van der Waals surface area contributed by atoms with Gasteiger partial charge in [-0.25, -0.2) is 9.67 Å². The summed E-state index contributed by atoms with van der Waals surface area (Å²) >= 11 is 0. The van der Waals surface area contributed by atoms with Gasteiger partial charge in [-0.15, -0.1) is 0 Å². The van der Waals surface area contributed by atoms with Crippen molar-refractivity contribution < 1.29 is 4.74 Å². The van der Waals surface area contributed by atoms with E-state index in [0.717, 1.165) is 32.0 Å². The second kappa shape index (κ2) is 4.51. The van der Waals surface area contributed by atoms with Crippen LogP contribution in [-0.2, 0) is 11.3 Å². The maximum atomic E-state index is 5.40. The van der Waals surface area contributed by atoms with Gasteiger partial charge in [0.15, 0.2) is 0 Å². The van der Waals surface area contributed by atoms with Crippen molar-refractivity contribution in [2.45, 2.75) is 45.3 Å². The first-order chi connectivity index (χ1) is 7.61. The molecule has 1 N–H and O–H groups in total. The Morgan fingerprint density at radius 1 is 1.62 bits per heavy atom. The standard InChI is InChI=1S/C11H20N4O/c1-9(2)15-10(12-8-14-15)6-13-11(3)4-5-16-7-11/h8-9,13H,4-7H2,1-3H3. The second-order valence-electron chi connectivity index (χ2n) is 4.93. The summed E-state index contributed by atoms with van der Waals surface area (Å²) in [5.74, 6) is 0.989. The van der Waals surface area contributed by atoms with Gasteiger partial charge >= 0.3 is 0 Å². The highest BCUT2D eigenvalue weighted by atomic mass is 16.5. The van der Waals surface area contributed by atoms with Crippen LogP contribution in [0.1, 0.15) is 39.1 Å². The Morgan fingerprint density at radius 3 is 3.06 bits per heavy atom. The van der Waals surface area contributed by atoms with E-state index >= 15 is 0 Å². The summed E-state index contributed by atoms with van der Waals surface area (Å²) in [6.45, 7) is 8.79. The van der Waals surface area contributed by atoms with Crippen molar-refractivity contribution in [1.29, 1.82) is 0 Å². The summed E-state index contributed by atoms with van der Waals surface area (Å²) < 4.78 is 7.35. The predicted octanol–water partition coefficient (Wildman–Crippen LogP) is 1.13. The van der Waals surface area contributed by atoms with E-state index in [1.807, 2.05) is 4.68 Å². The molecule has 0 amide bonds. The normalized spacial score (nSPS) is 25.5. The molecule has 1 aliphatic rings. The van der Waals surface area contributed by atoms with Gasteiger partial charge < -0.3 is 10.1 Å². The number of ether oxygens (including phenoxy) is 1. The second-order valence-corrected chi connectivity index (χ2v) is 4.93. The van der Waals surface area contributed by atoms with Crippen molar-refractivity contribution in [3.8, 4) is 0 Å². The van der Waals surface area contributed by atoms with Gasteiger partial charge in [0.2, 0.25) is 0 Å². The molecule has 2 rings (SSSR count). The molecule has 16 heavy (non-hydrogen) atoms. The van der Waals surface area contributed by atoms with Crippen molar-refractivity contribution in [3.63, 3.8) is 0 Å². The first-order valence-electron chi connectivity index (χ1n) is 5.82. The van der Waals surface area contributed by atoms with Gasteiger partial charge in [0.05, 0.1) is 13.2 Å². The van der Waals surface area contributed by atoms with Crippen molar-refractivity contribution in [2.24, 2.45) is 0 Å². The third kappa shape index (κ3) is 2.41. The summed E-state index contributed by atoms with van der Waals surface area (Å²) in [7, 11) is 0. The van der Waals surface area contributed by atoms with E-state index in [-0.39, 0.29) is 5.54 Å². The van der Waals surface area contributed by atoms with Crippen LogP contribution >= 0.6 is 0 Å².